The van der Waals surface area contributed by atoms with Gasteiger partial charge in [-0.2, -0.15) is 0 Å². The predicted octanol–water partition coefficient (Wildman–Crippen LogP) is 5.93. The van der Waals surface area contributed by atoms with Crippen molar-refractivity contribution in [3.8, 4) is 0 Å². The molecule has 0 heterocycles. The van der Waals surface area contributed by atoms with E-state index in [1.807, 2.05) is 18.2 Å². The first-order valence-corrected chi connectivity index (χ1v) is 7.62. The van der Waals surface area contributed by atoms with E-state index in [-0.39, 0.29) is 0 Å². The van der Waals surface area contributed by atoms with Crippen LogP contribution in [0.1, 0.15) is 18.1 Å². The third kappa shape index (κ3) is 3.44. The number of rotatable bonds is 4. The number of halogens is 3. The fraction of sp³-hybridized carbons (Fsp3) is 0.200. The third-order valence-electron chi connectivity index (χ3n) is 3.00. The molecule has 2 aromatic carbocycles. The molecule has 1 N–H and O–H groups in total. The van der Waals surface area contributed by atoms with Crippen molar-refractivity contribution in [1.29, 1.82) is 0 Å². The first kappa shape index (κ1) is 14.7. The fourth-order valence-electron chi connectivity index (χ4n) is 1.93. The second kappa shape index (κ2) is 6.65. The molecule has 0 spiro atoms. The Morgan fingerprint density at radius 3 is 2.37 bits per heavy atom. The van der Waals surface area contributed by atoms with Crippen LogP contribution in [-0.4, -0.2) is 0 Å². The Balaban J connectivity index is 2.17. The van der Waals surface area contributed by atoms with Crippen LogP contribution in [0.5, 0.6) is 0 Å². The molecule has 4 heteroatoms. The Labute approximate surface area is 132 Å². The van der Waals surface area contributed by atoms with Gasteiger partial charge in [-0.05, 0) is 45.6 Å². The minimum Gasteiger partial charge on any atom is -0.380 e. The SMILES string of the molecule is CCc1ccccc1CNc1ccc(Br)c(Cl)c1Cl. The highest BCUT2D eigenvalue weighted by atomic mass is 79.9. The molecule has 2 rings (SSSR count). The van der Waals surface area contributed by atoms with Gasteiger partial charge >= 0.3 is 0 Å². The van der Waals surface area contributed by atoms with Crippen molar-refractivity contribution in [2.75, 3.05) is 5.32 Å². The minimum atomic E-state index is 0.537. The molecule has 0 amide bonds. The molecule has 0 aliphatic rings. The molecule has 0 unspecified atom stereocenters. The summed E-state index contributed by atoms with van der Waals surface area (Å²) in [6.07, 6.45) is 1.02. The summed E-state index contributed by atoms with van der Waals surface area (Å²) in [4.78, 5) is 0. The summed E-state index contributed by atoms with van der Waals surface area (Å²) < 4.78 is 0.804. The van der Waals surface area contributed by atoms with Crippen LogP contribution in [0.15, 0.2) is 40.9 Å². The van der Waals surface area contributed by atoms with Crippen LogP contribution in [0.4, 0.5) is 5.69 Å². The maximum atomic E-state index is 6.21. The Bertz CT molecular complexity index is 584. The third-order valence-corrected chi connectivity index (χ3v) is 4.77. The molecule has 0 bridgehead atoms. The molecular formula is C15H14BrCl2N. The van der Waals surface area contributed by atoms with Crippen molar-refractivity contribution in [3.63, 3.8) is 0 Å². The van der Waals surface area contributed by atoms with E-state index in [1.54, 1.807) is 0 Å². The second-order valence-corrected chi connectivity index (χ2v) is 5.81. The number of benzene rings is 2. The van der Waals surface area contributed by atoms with E-state index in [0.29, 0.717) is 10.0 Å². The van der Waals surface area contributed by atoms with Crippen molar-refractivity contribution in [2.24, 2.45) is 0 Å². The Morgan fingerprint density at radius 2 is 1.68 bits per heavy atom. The number of hydrogen-bond acceptors (Lipinski definition) is 1. The monoisotopic (exact) mass is 357 g/mol. The summed E-state index contributed by atoms with van der Waals surface area (Å²) in [6, 6.07) is 12.2. The highest BCUT2D eigenvalue weighted by molar-refractivity contribution is 9.10. The number of aryl methyl sites for hydroxylation is 1. The van der Waals surface area contributed by atoms with Gasteiger partial charge in [0, 0.05) is 11.0 Å². The summed E-state index contributed by atoms with van der Waals surface area (Å²) in [5.74, 6) is 0. The summed E-state index contributed by atoms with van der Waals surface area (Å²) in [6.45, 7) is 2.89. The lowest BCUT2D eigenvalue weighted by molar-refractivity contribution is 1.04. The molecule has 2 aromatic rings. The fourth-order valence-corrected chi connectivity index (χ4v) is 2.77. The van der Waals surface area contributed by atoms with Crippen molar-refractivity contribution in [2.45, 2.75) is 19.9 Å². The zero-order valence-corrected chi connectivity index (χ0v) is 13.6. The lowest BCUT2D eigenvalue weighted by Crippen LogP contribution is -2.03. The van der Waals surface area contributed by atoms with Gasteiger partial charge in [-0.15, -0.1) is 0 Å². The first-order valence-electron chi connectivity index (χ1n) is 6.07. The quantitative estimate of drug-likeness (QED) is 0.667. The van der Waals surface area contributed by atoms with E-state index >= 15 is 0 Å². The molecule has 0 saturated carbocycles. The largest absolute Gasteiger partial charge is 0.380 e. The lowest BCUT2D eigenvalue weighted by Gasteiger charge is -2.12. The van der Waals surface area contributed by atoms with Gasteiger partial charge < -0.3 is 5.32 Å². The standard InChI is InChI=1S/C15H14BrCl2N/c1-2-10-5-3-4-6-11(10)9-19-13-8-7-12(16)14(17)15(13)18/h3-8,19H,2,9H2,1H3. The van der Waals surface area contributed by atoms with Crippen molar-refractivity contribution < 1.29 is 0 Å². The maximum absolute atomic E-state index is 6.21. The lowest BCUT2D eigenvalue weighted by atomic mass is 10.1. The van der Waals surface area contributed by atoms with Crippen molar-refractivity contribution in [1.82, 2.24) is 0 Å². The molecule has 0 aliphatic carbocycles. The highest BCUT2D eigenvalue weighted by Gasteiger charge is 2.08. The Hall–Kier alpha value is -0.700. The first-order chi connectivity index (χ1) is 9.13. The van der Waals surface area contributed by atoms with Gasteiger partial charge in [0.25, 0.3) is 0 Å². The summed E-state index contributed by atoms with van der Waals surface area (Å²) in [5, 5.41) is 4.42. The summed E-state index contributed by atoms with van der Waals surface area (Å²) >= 11 is 15.7. The van der Waals surface area contributed by atoms with Crippen LogP contribution in [0.25, 0.3) is 0 Å². The minimum absolute atomic E-state index is 0.537. The molecule has 19 heavy (non-hydrogen) atoms. The van der Waals surface area contributed by atoms with E-state index in [4.69, 9.17) is 23.2 Å². The van der Waals surface area contributed by atoms with Crippen LogP contribution in [-0.2, 0) is 13.0 Å². The molecular weight excluding hydrogens is 345 g/mol. The van der Waals surface area contributed by atoms with Crippen molar-refractivity contribution in [3.05, 3.63) is 62.0 Å². The molecule has 0 atom stereocenters. The highest BCUT2D eigenvalue weighted by Crippen LogP contribution is 2.36. The van der Waals surface area contributed by atoms with E-state index in [1.165, 1.54) is 11.1 Å². The molecule has 0 saturated heterocycles. The van der Waals surface area contributed by atoms with E-state index in [9.17, 15) is 0 Å². The normalized spacial score (nSPS) is 10.5. The van der Waals surface area contributed by atoms with Crippen LogP contribution in [0.3, 0.4) is 0 Å². The van der Waals surface area contributed by atoms with E-state index in [2.05, 4.69) is 46.4 Å². The van der Waals surface area contributed by atoms with E-state index < -0.39 is 0 Å². The van der Waals surface area contributed by atoms with Gasteiger partial charge in [0.15, 0.2) is 0 Å². The topological polar surface area (TPSA) is 12.0 Å². The number of anilines is 1. The van der Waals surface area contributed by atoms with E-state index in [0.717, 1.165) is 23.1 Å². The predicted molar refractivity (Wildman–Crippen MR) is 87.3 cm³/mol. The van der Waals surface area contributed by atoms with Gasteiger partial charge in [-0.3, -0.25) is 0 Å². The van der Waals surface area contributed by atoms with Gasteiger partial charge in [-0.25, -0.2) is 0 Å². The van der Waals surface area contributed by atoms with Crippen molar-refractivity contribution >= 4 is 44.8 Å². The molecule has 100 valence electrons. The zero-order chi connectivity index (χ0) is 13.8. The van der Waals surface area contributed by atoms with Crippen LogP contribution in [0, 0.1) is 0 Å². The van der Waals surface area contributed by atoms with Gasteiger partial charge in [-0.1, -0.05) is 54.4 Å². The van der Waals surface area contributed by atoms with Gasteiger partial charge in [0.05, 0.1) is 15.7 Å². The maximum Gasteiger partial charge on any atom is 0.0835 e. The van der Waals surface area contributed by atoms with Crippen LogP contribution >= 0.6 is 39.1 Å². The van der Waals surface area contributed by atoms with Gasteiger partial charge in [0.1, 0.15) is 0 Å². The second-order valence-electron chi connectivity index (χ2n) is 4.20. The number of hydrogen-bond donors (Lipinski definition) is 1. The molecule has 0 radical (unpaired) electrons. The average Bonchev–Trinajstić information content (AvgIpc) is 2.44. The Morgan fingerprint density at radius 1 is 1.00 bits per heavy atom. The summed E-state index contributed by atoms with van der Waals surface area (Å²) in [5.41, 5.74) is 3.47. The molecule has 0 aromatic heterocycles. The average molecular weight is 359 g/mol. The molecule has 0 fully saturated rings. The number of nitrogens with one attached hydrogen (secondary N) is 1. The Kier molecular flexibility index (Phi) is 5.14. The molecule has 1 nitrogen and oxygen atoms in total. The van der Waals surface area contributed by atoms with Gasteiger partial charge in [0.2, 0.25) is 0 Å². The summed E-state index contributed by atoms with van der Waals surface area (Å²) in [7, 11) is 0. The van der Waals surface area contributed by atoms with Crippen LogP contribution < -0.4 is 5.32 Å². The van der Waals surface area contributed by atoms with Crippen LogP contribution in [0.2, 0.25) is 10.0 Å². The zero-order valence-electron chi connectivity index (χ0n) is 10.5. The smallest absolute Gasteiger partial charge is 0.0835 e. The molecule has 0 aliphatic heterocycles.